The molecule has 0 saturated carbocycles. The number of hydrogen-bond donors (Lipinski definition) is 2. The third-order valence-electron chi connectivity index (χ3n) is 2.19. The molecule has 2 aliphatic heterocycles. The minimum absolute atomic E-state index is 0.0139. The van der Waals surface area contributed by atoms with E-state index in [1.807, 2.05) is 13.1 Å². The molecule has 2 rings (SSSR count). The third-order valence-corrected chi connectivity index (χ3v) is 2.19. The lowest BCUT2D eigenvalue weighted by Crippen LogP contribution is -2.57. The van der Waals surface area contributed by atoms with Gasteiger partial charge < -0.3 is 0 Å². The molecule has 0 aromatic heterocycles. The van der Waals surface area contributed by atoms with Crippen molar-refractivity contribution in [2.24, 2.45) is 10.8 Å². The zero-order valence-corrected chi connectivity index (χ0v) is 6.23. The van der Waals surface area contributed by atoms with E-state index in [1.165, 1.54) is 5.12 Å². The summed E-state index contributed by atoms with van der Waals surface area (Å²) in [5.41, 5.74) is 0. The molecule has 2 unspecified atom stereocenters. The Morgan fingerprint density at radius 3 is 3.18 bits per heavy atom. The first-order chi connectivity index (χ1) is 5.14. The van der Waals surface area contributed by atoms with E-state index in [0.717, 1.165) is 0 Å². The summed E-state index contributed by atoms with van der Waals surface area (Å²) in [6, 6.07) is -0.0139. The molecule has 0 spiro atoms. The fraction of sp³-hybridized carbons (Fsp3) is 0.333. The Bertz CT molecular complexity index is 268. The quantitative estimate of drug-likeness (QED) is 0.361. The molecule has 5 heteroatoms. The molecule has 0 radical (unpaired) electrons. The summed E-state index contributed by atoms with van der Waals surface area (Å²) in [6.45, 7) is 0. The number of quaternary nitrogens is 1. The molecule has 0 amide bonds. The Morgan fingerprint density at radius 1 is 1.82 bits per heavy atom. The molecule has 0 aliphatic carbocycles. The minimum Gasteiger partial charge on any atom is -0.281 e. The Morgan fingerprint density at radius 2 is 2.55 bits per heavy atom. The van der Waals surface area contributed by atoms with Crippen molar-refractivity contribution in [2.75, 3.05) is 7.05 Å². The zero-order chi connectivity index (χ0) is 8.06. The number of nitrogens with zero attached hydrogens (tertiary/aromatic N) is 3. The van der Waals surface area contributed by atoms with Crippen LogP contribution in [-0.2, 0) is 0 Å². The van der Waals surface area contributed by atoms with E-state index < -0.39 is 0 Å². The number of amidine groups is 1. The second-order valence-electron chi connectivity index (χ2n) is 2.89. The Kier molecular flexibility index (Phi) is 1.000. The monoisotopic (exact) mass is 152 g/mol. The van der Waals surface area contributed by atoms with Gasteiger partial charge in [-0.15, -0.1) is 0 Å². The minimum atomic E-state index is -0.0139. The molecule has 3 N–H and O–H groups in total. The van der Waals surface area contributed by atoms with Crippen LogP contribution >= 0.6 is 0 Å². The maximum atomic E-state index is 7.44. The highest BCUT2D eigenvalue weighted by Crippen LogP contribution is 2.23. The molecular weight excluding hydrogens is 142 g/mol. The lowest BCUT2D eigenvalue weighted by atomic mass is 10.3. The van der Waals surface area contributed by atoms with Crippen LogP contribution in [0, 0.1) is 5.41 Å². The largest absolute Gasteiger partial charge is 0.281 e. The van der Waals surface area contributed by atoms with Gasteiger partial charge in [0.2, 0.25) is 6.34 Å². The summed E-state index contributed by atoms with van der Waals surface area (Å²) in [6.07, 6.45) is 5.33. The van der Waals surface area contributed by atoms with Crippen LogP contribution in [0.3, 0.4) is 0 Å². The summed E-state index contributed by atoms with van der Waals surface area (Å²) in [4.78, 5) is 3.90. The SMILES string of the molecule is C[N+]12C=NC(=N)C1C=CN2N. The van der Waals surface area contributed by atoms with Gasteiger partial charge in [0.15, 0.2) is 11.9 Å². The molecule has 5 nitrogen and oxygen atoms in total. The molecule has 11 heavy (non-hydrogen) atoms. The molecule has 2 aliphatic rings. The second-order valence-corrected chi connectivity index (χ2v) is 2.89. The van der Waals surface area contributed by atoms with E-state index in [9.17, 15) is 0 Å². The van der Waals surface area contributed by atoms with Gasteiger partial charge in [-0.05, 0) is 0 Å². The van der Waals surface area contributed by atoms with Crippen molar-refractivity contribution in [3.05, 3.63) is 12.3 Å². The van der Waals surface area contributed by atoms with Gasteiger partial charge in [-0.3, -0.25) is 5.41 Å². The third kappa shape index (κ3) is 0.611. The number of nitrogens with two attached hydrogens (primary N) is 1. The van der Waals surface area contributed by atoms with E-state index in [0.29, 0.717) is 10.4 Å². The Hall–Kier alpha value is -1.20. The van der Waals surface area contributed by atoms with Gasteiger partial charge in [0.25, 0.3) is 0 Å². The number of aliphatic imine (C=N–C) groups is 1. The van der Waals surface area contributed by atoms with Crippen molar-refractivity contribution < 1.29 is 4.59 Å². The molecule has 0 bridgehead atoms. The van der Waals surface area contributed by atoms with Gasteiger partial charge in [0, 0.05) is 6.08 Å². The van der Waals surface area contributed by atoms with Gasteiger partial charge in [0.05, 0.1) is 13.2 Å². The standard InChI is InChI=1S/C6H10N5/c1-11-4-9-6(7)5(11)2-3-10(11)8/h2-5,7H,8H2,1H3/q+1. The van der Waals surface area contributed by atoms with E-state index >= 15 is 0 Å². The number of rotatable bonds is 0. The smallest absolute Gasteiger partial charge is 0.218 e. The topological polar surface area (TPSA) is 65.5 Å². The number of hydrazine groups is 1. The lowest BCUT2D eigenvalue weighted by Gasteiger charge is -2.30. The highest BCUT2D eigenvalue weighted by molar-refractivity contribution is 5.94. The molecule has 0 aromatic rings. The molecule has 2 atom stereocenters. The first-order valence-electron chi connectivity index (χ1n) is 3.37. The first kappa shape index (κ1) is 6.51. The van der Waals surface area contributed by atoms with E-state index in [1.54, 1.807) is 12.5 Å². The number of hydrogen-bond acceptors (Lipinski definition) is 3. The highest BCUT2D eigenvalue weighted by Gasteiger charge is 2.46. The van der Waals surface area contributed by atoms with Gasteiger partial charge in [0.1, 0.15) is 0 Å². The van der Waals surface area contributed by atoms with Crippen LogP contribution in [0.2, 0.25) is 0 Å². The van der Waals surface area contributed by atoms with Crippen molar-refractivity contribution in [1.82, 2.24) is 5.12 Å². The van der Waals surface area contributed by atoms with Crippen molar-refractivity contribution in [3.63, 3.8) is 0 Å². The number of nitrogens with one attached hydrogen (secondary N) is 1. The normalized spacial score (nSPS) is 40.4. The predicted molar refractivity (Wildman–Crippen MR) is 41.4 cm³/mol. The molecule has 58 valence electrons. The Labute approximate surface area is 64.5 Å². The molecular formula is C6H10N5+. The lowest BCUT2D eigenvalue weighted by molar-refractivity contribution is -0.927. The second kappa shape index (κ2) is 1.69. The van der Waals surface area contributed by atoms with Crippen LogP contribution < -0.4 is 5.84 Å². The highest BCUT2D eigenvalue weighted by atomic mass is 15.9. The molecule has 2 heterocycles. The fourth-order valence-corrected chi connectivity index (χ4v) is 1.36. The van der Waals surface area contributed by atoms with Crippen molar-refractivity contribution in [2.45, 2.75) is 6.04 Å². The fourth-order valence-electron chi connectivity index (χ4n) is 1.36. The summed E-state index contributed by atoms with van der Waals surface area (Å²) >= 11 is 0. The van der Waals surface area contributed by atoms with Crippen molar-refractivity contribution >= 4 is 12.2 Å². The average Bonchev–Trinajstić information content (AvgIpc) is 2.39. The summed E-state index contributed by atoms with van der Waals surface area (Å²) in [7, 11) is 1.91. The van der Waals surface area contributed by atoms with Gasteiger partial charge >= 0.3 is 0 Å². The summed E-state index contributed by atoms with van der Waals surface area (Å²) < 4.78 is 0.374. The average molecular weight is 152 g/mol. The number of fused-ring (bicyclic) bond motifs is 1. The maximum absolute atomic E-state index is 7.44. The predicted octanol–water partition coefficient (Wildman–Crippen LogP) is -0.561. The van der Waals surface area contributed by atoms with Crippen LogP contribution in [0.1, 0.15) is 0 Å². The van der Waals surface area contributed by atoms with Crippen LogP contribution in [0.25, 0.3) is 0 Å². The van der Waals surface area contributed by atoms with Crippen LogP contribution in [0.15, 0.2) is 17.3 Å². The van der Waals surface area contributed by atoms with Crippen LogP contribution in [0.5, 0.6) is 0 Å². The van der Waals surface area contributed by atoms with Gasteiger partial charge in [-0.1, -0.05) is 0 Å². The number of likely N-dealkylation sites (N-methyl/N-ethyl adjacent to an activating group) is 1. The molecule has 0 aromatic carbocycles. The maximum Gasteiger partial charge on any atom is 0.218 e. The van der Waals surface area contributed by atoms with Gasteiger partial charge in [-0.25, -0.2) is 5.84 Å². The van der Waals surface area contributed by atoms with E-state index in [2.05, 4.69) is 4.99 Å². The van der Waals surface area contributed by atoms with Crippen LogP contribution in [0.4, 0.5) is 0 Å². The molecule has 0 fully saturated rings. The summed E-state index contributed by atoms with van der Waals surface area (Å²) in [5, 5.41) is 8.98. The van der Waals surface area contributed by atoms with Crippen LogP contribution in [-0.4, -0.2) is 35.0 Å². The van der Waals surface area contributed by atoms with E-state index in [-0.39, 0.29) is 6.04 Å². The Balaban J connectivity index is 2.43. The zero-order valence-electron chi connectivity index (χ0n) is 6.23. The van der Waals surface area contributed by atoms with Crippen molar-refractivity contribution in [3.8, 4) is 0 Å². The first-order valence-corrected chi connectivity index (χ1v) is 3.37. The van der Waals surface area contributed by atoms with Crippen molar-refractivity contribution in [1.29, 1.82) is 5.41 Å². The summed E-state index contributed by atoms with van der Waals surface area (Å²) in [5.74, 6) is 6.02. The molecule has 0 saturated heterocycles. The van der Waals surface area contributed by atoms with E-state index in [4.69, 9.17) is 11.3 Å². The van der Waals surface area contributed by atoms with Gasteiger partial charge in [-0.2, -0.15) is 14.7 Å².